The minimum Gasteiger partial charge on any atom is -0.355 e. The van der Waals surface area contributed by atoms with E-state index in [9.17, 15) is 14.0 Å². The SMILES string of the molecule is CNC(=O)c1cc2cccnc2n(Cc2ccc(F)cc2)c1=O. The highest BCUT2D eigenvalue weighted by Gasteiger charge is 2.15. The van der Waals surface area contributed by atoms with Crippen LogP contribution in [0.25, 0.3) is 11.0 Å². The Morgan fingerprint density at radius 2 is 2.00 bits per heavy atom. The van der Waals surface area contributed by atoms with Crippen molar-refractivity contribution in [1.29, 1.82) is 0 Å². The maximum absolute atomic E-state index is 13.0. The predicted molar refractivity (Wildman–Crippen MR) is 84.9 cm³/mol. The Morgan fingerprint density at radius 1 is 1.26 bits per heavy atom. The van der Waals surface area contributed by atoms with Crippen LogP contribution >= 0.6 is 0 Å². The Balaban J connectivity index is 2.20. The van der Waals surface area contributed by atoms with Crippen LogP contribution in [0, 0.1) is 5.82 Å². The first-order chi connectivity index (χ1) is 11.1. The Morgan fingerprint density at radius 3 is 2.70 bits per heavy atom. The summed E-state index contributed by atoms with van der Waals surface area (Å²) in [6.07, 6.45) is 1.59. The second kappa shape index (κ2) is 6.00. The van der Waals surface area contributed by atoms with E-state index >= 15 is 0 Å². The number of benzene rings is 1. The third kappa shape index (κ3) is 2.83. The fourth-order valence-corrected chi connectivity index (χ4v) is 2.42. The van der Waals surface area contributed by atoms with Crippen LogP contribution in [0.3, 0.4) is 0 Å². The Hall–Kier alpha value is -3.02. The topological polar surface area (TPSA) is 64.0 Å². The van der Waals surface area contributed by atoms with Gasteiger partial charge >= 0.3 is 0 Å². The molecule has 3 aromatic rings. The summed E-state index contributed by atoms with van der Waals surface area (Å²) >= 11 is 0. The standard InChI is InChI=1S/C17H14FN3O2/c1-19-16(22)14-9-12-3-2-8-20-15(12)21(17(14)23)10-11-4-6-13(18)7-5-11/h2-9H,10H2,1H3,(H,19,22). The van der Waals surface area contributed by atoms with Gasteiger partial charge in [0.1, 0.15) is 17.0 Å². The average Bonchev–Trinajstić information content (AvgIpc) is 2.58. The molecule has 1 aromatic carbocycles. The molecule has 0 aliphatic heterocycles. The van der Waals surface area contributed by atoms with Crippen LogP contribution < -0.4 is 10.9 Å². The quantitative estimate of drug-likeness (QED) is 0.804. The number of pyridine rings is 2. The van der Waals surface area contributed by atoms with E-state index in [0.29, 0.717) is 11.0 Å². The molecule has 2 aromatic heterocycles. The van der Waals surface area contributed by atoms with Crippen molar-refractivity contribution in [3.63, 3.8) is 0 Å². The number of hydrogen-bond donors (Lipinski definition) is 1. The molecule has 0 spiro atoms. The number of amides is 1. The maximum atomic E-state index is 13.0. The van der Waals surface area contributed by atoms with Crippen LogP contribution in [-0.2, 0) is 6.54 Å². The molecule has 0 aliphatic carbocycles. The lowest BCUT2D eigenvalue weighted by Crippen LogP contribution is -2.32. The lowest BCUT2D eigenvalue weighted by Gasteiger charge is -2.11. The van der Waals surface area contributed by atoms with Gasteiger partial charge in [0, 0.05) is 18.6 Å². The van der Waals surface area contributed by atoms with Gasteiger partial charge in [0.25, 0.3) is 11.5 Å². The van der Waals surface area contributed by atoms with E-state index in [1.165, 1.54) is 29.8 Å². The van der Waals surface area contributed by atoms with Crippen molar-refractivity contribution in [2.24, 2.45) is 0 Å². The van der Waals surface area contributed by atoms with Crippen molar-refractivity contribution in [2.75, 3.05) is 7.05 Å². The molecule has 0 saturated carbocycles. The summed E-state index contributed by atoms with van der Waals surface area (Å²) in [7, 11) is 1.47. The van der Waals surface area contributed by atoms with Crippen molar-refractivity contribution >= 4 is 16.9 Å². The molecular weight excluding hydrogens is 297 g/mol. The van der Waals surface area contributed by atoms with E-state index in [1.807, 2.05) is 0 Å². The normalized spacial score (nSPS) is 10.7. The van der Waals surface area contributed by atoms with Gasteiger partial charge in [-0.15, -0.1) is 0 Å². The molecule has 6 heteroatoms. The molecule has 2 heterocycles. The number of rotatable bonds is 3. The first-order valence-corrected chi connectivity index (χ1v) is 7.05. The molecule has 23 heavy (non-hydrogen) atoms. The van der Waals surface area contributed by atoms with Gasteiger partial charge < -0.3 is 5.32 Å². The fourth-order valence-electron chi connectivity index (χ4n) is 2.42. The van der Waals surface area contributed by atoms with E-state index < -0.39 is 11.5 Å². The summed E-state index contributed by atoms with van der Waals surface area (Å²) in [4.78, 5) is 28.8. The van der Waals surface area contributed by atoms with Crippen LogP contribution in [0.5, 0.6) is 0 Å². The first kappa shape index (κ1) is 14.9. The van der Waals surface area contributed by atoms with E-state index in [0.717, 1.165) is 5.56 Å². The summed E-state index contributed by atoms with van der Waals surface area (Å²) in [5.41, 5.74) is 0.846. The second-order valence-electron chi connectivity index (χ2n) is 5.07. The molecule has 0 aliphatic rings. The Kier molecular flexibility index (Phi) is 3.89. The Bertz CT molecular complexity index is 933. The van der Waals surface area contributed by atoms with Gasteiger partial charge in [-0.1, -0.05) is 12.1 Å². The van der Waals surface area contributed by atoms with Crippen LogP contribution in [0.2, 0.25) is 0 Å². The number of halogens is 1. The fraction of sp³-hybridized carbons (Fsp3) is 0.118. The molecule has 5 nitrogen and oxygen atoms in total. The zero-order valence-electron chi connectivity index (χ0n) is 12.4. The summed E-state index contributed by atoms with van der Waals surface area (Å²) in [6.45, 7) is 0.206. The average molecular weight is 311 g/mol. The van der Waals surface area contributed by atoms with Crippen LogP contribution in [0.1, 0.15) is 15.9 Å². The molecule has 116 valence electrons. The van der Waals surface area contributed by atoms with Crippen molar-refractivity contribution in [1.82, 2.24) is 14.9 Å². The number of aromatic nitrogens is 2. The van der Waals surface area contributed by atoms with E-state index in [1.54, 1.807) is 30.5 Å². The third-order valence-corrected chi connectivity index (χ3v) is 3.57. The molecule has 0 bridgehead atoms. The summed E-state index contributed by atoms with van der Waals surface area (Å²) in [5, 5.41) is 3.15. The maximum Gasteiger partial charge on any atom is 0.265 e. The van der Waals surface area contributed by atoms with Gasteiger partial charge in [-0.25, -0.2) is 9.37 Å². The van der Waals surface area contributed by atoms with Gasteiger partial charge in [0.15, 0.2) is 0 Å². The number of hydrogen-bond acceptors (Lipinski definition) is 3. The molecule has 1 amide bonds. The van der Waals surface area contributed by atoms with Gasteiger partial charge in [0.05, 0.1) is 6.54 Å². The lowest BCUT2D eigenvalue weighted by molar-refractivity contribution is 0.0961. The first-order valence-electron chi connectivity index (χ1n) is 7.05. The third-order valence-electron chi connectivity index (χ3n) is 3.57. The predicted octanol–water partition coefficient (Wildman–Crippen LogP) is 1.94. The van der Waals surface area contributed by atoms with Gasteiger partial charge in [-0.2, -0.15) is 0 Å². The molecule has 0 unspecified atom stereocenters. The van der Waals surface area contributed by atoms with E-state index in [4.69, 9.17) is 0 Å². The molecule has 0 atom stereocenters. The highest BCUT2D eigenvalue weighted by atomic mass is 19.1. The number of carbonyl (C=O) groups is 1. The van der Waals surface area contributed by atoms with Gasteiger partial charge in [0.2, 0.25) is 0 Å². The molecule has 0 saturated heterocycles. The summed E-state index contributed by atoms with van der Waals surface area (Å²) in [5.74, 6) is -0.795. The number of fused-ring (bicyclic) bond motifs is 1. The van der Waals surface area contributed by atoms with Crippen LogP contribution in [-0.4, -0.2) is 22.5 Å². The van der Waals surface area contributed by atoms with Crippen molar-refractivity contribution in [3.8, 4) is 0 Å². The molecule has 3 rings (SSSR count). The van der Waals surface area contributed by atoms with E-state index in [-0.39, 0.29) is 17.9 Å². The molecule has 1 N–H and O–H groups in total. The van der Waals surface area contributed by atoms with Gasteiger partial charge in [-0.3, -0.25) is 14.2 Å². The lowest BCUT2D eigenvalue weighted by atomic mass is 10.1. The smallest absolute Gasteiger partial charge is 0.265 e. The second-order valence-corrected chi connectivity index (χ2v) is 5.07. The number of nitrogens with one attached hydrogen (secondary N) is 1. The molecular formula is C17H14FN3O2. The van der Waals surface area contributed by atoms with Crippen LogP contribution in [0.4, 0.5) is 4.39 Å². The number of carbonyl (C=O) groups excluding carboxylic acids is 1. The van der Waals surface area contributed by atoms with Crippen molar-refractivity contribution in [3.05, 3.63) is 76.0 Å². The number of nitrogens with zero attached hydrogens (tertiary/aromatic N) is 2. The highest BCUT2D eigenvalue weighted by molar-refractivity contribution is 5.96. The minimum absolute atomic E-state index is 0.0510. The minimum atomic E-state index is -0.450. The zero-order chi connectivity index (χ0) is 16.4. The zero-order valence-corrected chi connectivity index (χ0v) is 12.4. The van der Waals surface area contributed by atoms with Crippen molar-refractivity contribution in [2.45, 2.75) is 6.54 Å². The van der Waals surface area contributed by atoms with Gasteiger partial charge in [-0.05, 0) is 35.9 Å². The van der Waals surface area contributed by atoms with Crippen molar-refractivity contribution < 1.29 is 9.18 Å². The molecule has 0 fully saturated rings. The largest absolute Gasteiger partial charge is 0.355 e. The Labute approximate surface area is 131 Å². The highest BCUT2D eigenvalue weighted by Crippen LogP contribution is 2.13. The summed E-state index contributed by atoms with van der Waals surface area (Å²) < 4.78 is 14.5. The van der Waals surface area contributed by atoms with E-state index in [2.05, 4.69) is 10.3 Å². The monoisotopic (exact) mass is 311 g/mol. The molecule has 0 radical (unpaired) electrons. The van der Waals surface area contributed by atoms with Crippen LogP contribution in [0.15, 0.2) is 53.5 Å². The summed E-state index contributed by atoms with van der Waals surface area (Å²) in [6, 6.07) is 10.9.